The van der Waals surface area contributed by atoms with Gasteiger partial charge in [0.25, 0.3) is 0 Å². The van der Waals surface area contributed by atoms with Gasteiger partial charge in [-0.15, -0.1) is 0 Å². The number of aromatic hydroxyl groups is 2. The zero-order chi connectivity index (χ0) is 10.7. The van der Waals surface area contributed by atoms with Gasteiger partial charge < -0.3 is 15.9 Å². The summed E-state index contributed by atoms with van der Waals surface area (Å²) in [7, 11) is 0. The van der Waals surface area contributed by atoms with Gasteiger partial charge in [0.1, 0.15) is 0 Å². The minimum Gasteiger partial charge on any atom is -0.504 e. The third-order valence-corrected chi connectivity index (χ3v) is 2.41. The van der Waals surface area contributed by atoms with Crippen molar-refractivity contribution in [2.75, 3.05) is 6.54 Å². The van der Waals surface area contributed by atoms with E-state index in [1.807, 2.05) is 0 Å². The van der Waals surface area contributed by atoms with Gasteiger partial charge in [0.15, 0.2) is 17.3 Å². The second-order valence-electron chi connectivity index (χ2n) is 2.75. The van der Waals surface area contributed by atoms with Gasteiger partial charge in [-0.1, -0.05) is 0 Å². The number of hydrogen-bond donors (Lipinski definition) is 3. The fraction of sp³-hybridized carbons (Fsp3) is 0.222. The SMILES string of the molecule is NCCC(=O)c1ccc(Br)c(O)c1O. The Morgan fingerprint density at radius 2 is 2.00 bits per heavy atom. The maximum Gasteiger partial charge on any atom is 0.172 e. The smallest absolute Gasteiger partial charge is 0.172 e. The number of nitrogens with two attached hydrogens (primary N) is 1. The molecule has 0 heterocycles. The summed E-state index contributed by atoms with van der Waals surface area (Å²) >= 11 is 3.02. The maximum atomic E-state index is 11.4. The molecule has 0 aliphatic carbocycles. The fourth-order valence-electron chi connectivity index (χ4n) is 1.05. The quantitative estimate of drug-likeness (QED) is 0.566. The number of hydrogen-bond acceptors (Lipinski definition) is 4. The molecule has 0 saturated heterocycles. The van der Waals surface area contributed by atoms with Crippen molar-refractivity contribution in [3.8, 4) is 11.5 Å². The first-order chi connectivity index (χ1) is 6.57. The zero-order valence-electron chi connectivity index (χ0n) is 7.33. The van der Waals surface area contributed by atoms with Crippen molar-refractivity contribution in [1.29, 1.82) is 0 Å². The van der Waals surface area contributed by atoms with Crippen molar-refractivity contribution in [3.63, 3.8) is 0 Å². The Morgan fingerprint density at radius 3 is 2.57 bits per heavy atom. The molecule has 1 aromatic carbocycles. The van der Waals surface area contributed by atoms with Crippen LogP contribution in [0.1, 0.15) is 16.8 Å². The fourth-order valence-corrected chi connectivity index (χ4v) is 1.37. The van der Waals surface area contributed by atoms with Crippen molar-refractivity contribution in [3.05, 3.63) is 22.2 Å². The van der Waals surface area contributed by atoms with Crippen LogP contribution in [0.15, 0.2) is 16.6 Å². The van der Waals surface area contributed by atoms with Gasteiger partial charge in [0.2, 0.25) is 0 Å². The molecule has 4 N–H and O–H groups in total. The topological polar surface area (TPSA) is 83.6 Å². The van der Waals surface area contributed by atoms with Crippen molar-refractivity contribution in [2.24, 2.45) is 5.73 Å². The minimum absolute atomic E-state index is 0.0937. The third kappa shape index (κ3) is 2.05. The van der Waals surface area contributed by atoms with Crippen LogP contribution < -0.4 is 5.73 Å². The molecule has 0 aliphatic rings. The second-order valence-corrected chi connectivity index (χ2v) is 3.61. The van der Waals surface area contributed by atoms with Crippen molar-refractivity contribution < 1.29 is 15.0 Å². The first kappa shape index (κ1) is 11.0. The molecule has 1 aromatic rings. The molecule has 14 heavy (non-hydrogen) atoms. The molecule has 0 bridgehead atoms. The number of Topliss-reactive ketones (excluding diaryl/α,β-unsaturated/α-hetero) is 1. The highest BCUT2D eigenvalue weighted by Gasteiger charge is 2.15. The lowest BCUT2D eigenvalue weighted by atomic mass is 10.1. The van der Waals surface area contributed by atoms with Gasteiger partial charge in [-0.05, 0) is 34.6 Å². The number of halogens is 1. The normalized spacial score (nSPS) is 10.1. The number of ketones is 1. The Hall–Kier alpha value is -1.07. The third-order valence-electron chi connectivity index (χ3n) is 1.77. The van der Waals surface area contributed by atoms with Crippen LogP contribution >= 0.6 is 15.9 Å². The lowest BCUT2D eigenvalue weighted by molar-refractivity contribution is 0.0982. The van der Waals surface area contributed by atoms with E-state index in [4.69, 9.17) is 5.73 Å². The first-order valence-corrected chi connectivity index (χ1v) is 4.81. The second kappa shape index (κ2) is 4.43. The van der Waals surface area contributed by atoms with Crippen LogP contribution in [0.4, 0.5) is 0 Å². The Bertz CT molecular complexity index is 365. The Morgan fingerprint density at radius 1 is 1.36 bits per heavy atom. The van der Waals surface area contributed by atoms with Crippen LogP contribution in [0.25, 0.3) is 0 Å². The van der Waals surface area contributed by atoms with Gasteiger partial charge in [-0.25, -0.2) is 0 Å². The van der Waals surface area contributed by atoms with Crippen LogP contribution in [-0.2, 0) is 0 Å². The maximum absolute atomic E-state index is 11.4. The summed E-state index contributed by atoms with van der Waals surface area (Å²) in [6.45, 7) is 0.217. The molecule has 4 nitrogen and oxygen atoms in total. The monoisotopic (exact) mass is 259 g/mol. The number of carbonyl (C=O) groups excluding carboxylic acids is 1. The van der Waals surface area contributed by atoms with E-state index in [2.05, 4.69) is 15.9 Å². The summed E-state index contributed by atoms with van der Waals surface area (Å²) < 4.78 is 0.347. The van der Waals surface area contributed by atoms with Gasteiger partial charge in [0.05, 0.1) is 10.0 Å². The Balaban J connectivity index is 3.11. The van der Waals surface area contributed by atoms with Crippen LogP contribution in [0, 0.1) is 0 Å². The average Bonchev–Trinajstić information content (AvgIpc) is 2.15. The van der Waals surface area contributed by atoms with Gasteiger partial charge >= 0.3 is 0 Å². The summed E-state index contributed by atoms with van der Waals surface area (Å²) in [5.74, 6) is -1.02. The van der Waals surface area contributed by atoms with E-state index in [1.54, 1.807) is 0 Å². The summed E-state index contributed by atoms with van der Waals surface area (Å²) in [4.78, 5) is 11.4. The molecule has 0 spiro atoms. The lowest BCUT2D eigenvalue weighted by Gasteiger charge is -2.05. The van der Waals surface area contributed by atoms with E-state index in [9.17, 15) is 15.0 Å². The number of benzene rings is 1. The van der Waals surface area contributed by atoms with E-state index >= 15 is 0 Å². The summed E-state index contributed by atoms with van der Waals surface area (Å²) in [5.41, 5.74) is 5.30. The number of phenolic OH excluding ortho intramolecular Hbond substituents is 2. The van der Waals surface area contributed by atoms with E-state index in [0.717, 1.165) is 0 Å². The lowest BCUT2D eigenvalue weighted by Crippen LogP contribution is -2.08. The van der Waals surface area contributed by atoms with Crippen molar-refractivity contribution in [1.82, 2.24) is 0 Å². The molecule has 0 aromatic heterocycles. The summed E-state index contributed by atoms with van der Waals surface area (Å²) in [6.07, 6.45) is 0.147. The molecule has 0 saturated carbocycles. The molecule has 76 valence electrons. The molecule has 0 aliphatic heterocycles. The number of rotatable bonds is 3. The largest absolute Gasteiger partial charge is 0.504 e. The molecule has 0 amide bonds. The van der Waals surface area contributed by atoms with Gasteiger partial charge in [-0.3, -0.25) is 4.79 Å². The molecule has 0 fully saturated rings. The Kier molecular flexibility index (Phi) is 3.49. The van der Waals surface area contributed by atoms with E-state index in [1.165, 1.54) is 12.1 Å². The zero-order valence-corrected chi connectivity index (χ0v) is 8.91. The van der Waals surface area contributed by atoms with Gasteiger partial charge in [-0.2, -0.15) is 0 Å². The van der Waals surface area contributed by atoms with Crippen molar-refractivity contribution >= 4 is 21.7 Å². The van der Waals surface area contributed by atoms with Crippen molar-refractivity contribution in [2.45, 2.75) is 6.42 Å². The number of carbonyl (C=O) groups is 1. The predicted molar refractivity (Wildman–Crippen MR) is 55.5 cm³/mol. The standard InChI is InChI=1S/C9H10BrNO3/c10-6-2-1-5(7(12)3-4-11)8(13)9(6)14/h1-2,13-14H,3-4,11H2. The highest BCUT2D eigenvalue weighted by molar-refractivity contribution is 9.10. The molecule has 5 heteroatoms. The number of phenols is 2. The highest BCUT2D eigenvalue weighted by atomic mass is 79.9. The predicted octanol–water partition coefficient (Wildman–Crippen LogP) is 1.39. The summed E-state index contributed by atoms with van der Waals surface area (Å²) in [5, 5.41) is 18.8. The first-order valence-electron chi connectivity index (χ1n) is 4.01. The van der Waals surface area contributed by atoms with Gasteiger partial charge in [0, 0.05) is 6.42 Å². The molecular formula is C9H10BrNO3. The van der Waals surface area contributed by atoms with E-state index in [-0.39, 0.29) is 30.1 Å². The van der Waals surface area contributed by atoms with E-state index in [0.29, 0.717) is 4.47 Å². The Labute approximate surface area is 89.5 Å². The van der Waals surface area contributed by atoms with E-state index < -0.39 is 5.75 Å². The van der Waals surface area contributed by atoms with Crippen LogP contribution in [-0.4, -0.2) is 22.5 Å². The van der Waals surface area contributed by atoms with Crippen LogP contribution in [0.2, 0.25) is 0 Å². The summed E-state index contributed by atoms with van der Waals surface area (Å²) in [6, 6.07) is 2.94. The average molecular weight is 260 g/mol. The molecule has 0 atom stereocenters. The molecule has 0 unspecified atom stereocenters. The highest BCUT2D eigenvalue weighted by Crippen LogP contribution is 2.36. The molecular weight excluding hydrogens is 250 g/mol. The van der Waals surface area contributed by atoms with Crippen LogP contribution in [0.3, 0.4) is 0 Å². The molecule has 0 radical (unpaired) electrons. The molecule has 1 rings (SSSR count). The minimum atomic E-state index is -0.405. The van der Waals surface area contributed by atoms with Crippen LogP contribution in [0.5, 0.6) is 11.5 Å².